The number of fused-ring (bicyclic) bond motifs is 1. The first-order valence-corrected chi connectivity index (χ1v) is 8.02. The number of aromatic nitrogens is 1. The van der Waals surface area contributed by atoms with E-state index in [0.717, 1.165) is 11.9 Å². The first kappa shape index (κ1) is 14.8. The maximum Gasteiger partial charge on any atom is 0.111 e. The second kappa shape index (κ2) is 4.94. The molecule has 0 aliphatic carbocycles. The van der Waals surface area contributed by atoms with Crippen LogP contribution in [0.25, 0.3) is 10.9 Å². The number of hydrogen-bond donors (Lipinski definition) is 5. The minimum atomic E-state index is -0.819. The molecule has 1 fully saturated rings. The first-order valence-electron chi connectivity index (χ1n) is 6.67. The third-order valence-corrected chi connectivity index (χ3v) is 4.99. The maximum absolute atomic E-state index is 6.29. The van der Waals surface area contributed by atoms with Gasteiger partial charge in [-0.3, -0.25) is 5.32 Å². The summed E-state index contributed by atoms with van der Waals surface area (Å²) in [5, 5.41) is 4.37. The SMILES string of the molecule is [B]C1(S)NC(S)(S)C[C@@H]1c1c[nH]c2ccc(CC)cc12. The van der Waals surface area contributed by atoms with Crippen molar-refractivity contribution in [3.05, 3.63) is 35.5 Å². The topological polar surface area (TPSA) is 27.8 Å². The van der Waals surface area contributed by atoms with E-state index in [9.17, 15) is 0 Å². The van der Waals surface area contributed by atoms with Crippen molar-refractivity contribution >= 4 is 56.6 Å². The molecule has 0 bridgehead atoms. The number of benzene rings is 1. The molecule has 3 rings (SSSR count). The van der Waals surface area contributed by atoms with Gasteiger partial charge in [0.1, 0.15) is 12.0 Å². The molecule has 104 valence electrons. The molecule has 2 aromatic rings. The highest BCUT2D eigenvalue weighted by atomic mass is 32.2. The first-order chi connectivity index (χ1) is 9.32. The number of thiol groups is 3. The lowest BCUT2D eigenvalue weighted by Crippen LogP contribution is -2.43. The Hall–Kier alpha value is -0.165. The Morgan fingerprint density at radius 3 is 2.70 bits per heavy atom. The molecule has 0 amide bonds. The van der Waals surface area contributed by atoms with Gasteiger partial charge in [0.25, 0.3) is 0 Å². The molecular weight excluding hydrogens is 303 g/mol. The zero-order valence-electron chi connectivity index (χ0n) is 11.2. The molecular formula is C14H17BN2S3. The summed E-state index contributed by atoms with van der Waals surface area (Å²) in [5.41, 5.74) is 3.61. The molecule has 1 aromatic carbocycles. The van der Waals surface area contributed by atoms with E-state index in [4.69, 9.17) is 7.85 Å². The van der Waals surface area contributed by atoms with Gasteiger partial charge < -0.3 is 4.98 Å². The van der Waals surface area contributed by atoms with E-state index in [1.807, 2.05) is 6.20 Å². The summed E-state index contributed by atoms with van der Waals surface area (Å²) in [6.07, 6.45) is 3.75. The number of hydrogen-bond acceptors (Lipinski definition) is 4. The molecule has 1 saturated heterocycles. The van der Waals surface area contributed by atoms with E-state index in [0.29, 0.717) is 6.42 Å². The number of nitrogens with one attached hydrogen (secondary N) is 2. The van der Waals surface area contributed by atoms with Gasteiger partial charge in [-0.1, -0.05) is 13.0 Å². The lowest BCUT2D eigenvalue weighted by atomic mass is 9.79. The summed E-state index contributed by atoms with van der Waals surface area (Å²) in [6, 6.07) is 6.49. The zero-order valence-corrected chi connectivity index (χ0v) is 13.9. The van der Waals surface area contributed by atoms with Gasteiger partial charge in [-0.2, -0.15) is 12.6 Å². The van der Waals surface area contributed by atoms with Crippen molar-refractivity contribution in [2.24, 2.45) is 0 Å². The van der Waals surface area contributed by atoms with Crippen LogP contribution in [0.5, 0.6) is 0 Å². The third-order valence-electron chi connectivity index (χ3n) is 3.98. The van der Waals surface area contributed by atoms with Crippen LogP contribution in [-0.4, -0.2) is 21.8 Å². The molecule has 2 atom stereocenters. The second-order valence-electron chi connectivity index (χ2n) is 5.50. The average Bonchev–Trinajstić information content (AvgIpc) is 2.85. The molecule has 1 aromatic heterocycles. The fourth-order valence-corrected chi connectivity index (χ4v) is 4.28. The fourth-order valence-electron chi connectivity index (χ4n) is 2.94. The Morgan fingerprint density at radius 2 is 2.10 bits per heavy atom. The monoisotopic (exact) mass is 320 g/mol. The molecule has 1 aliphatic heterocycles. The molecule has 20 heavy (non-hydrogen) atoms. The molecule has 2 N–H and O–H groups in total. The van der Waals surface area contributed by atoms with Gasteiger partial charge in [0, 0.05) is 27.8 Å². The Kier molecular flexibility index (Phi) is 3.64. The number of rotatable bonds is 2. The molecule has 2 nitrogen and oxygen atoms in total. The van der Waals surface area contributed by atoms with Crippen LogP contribution in [0.3, 0.4) is 0 Å². The Bertz CT molecular complexity index is 651. The summed E-state index contributed by atoms with van der Waals surface area (Å²) in [6.45, 7) is 2.16. The van der Waals surface area contributed by atoms with Crippen molar-refractivity contribution < 1.29 is 0 Å². The fraction of sp³-hybridized carbons (Fsp3) is 0.429. The summed E-state index contributed by atoms with van der Waals surface area (Å²) in [4.78, 5) is 3.31. The molecule has 0 saturated carbocycles. The van der Waals surface area contributed by atoms with Gasteiger partial charge in [0.05, 0.1) is 0 Å². The van der Waals surface area contributed by atoms with E-state index in [1.54, 1.807) is 0 Å². The lowest BCUT2D eigenvalue weighted by molar-refractivity contribution is 0.658. The van der Waals surface area contributed by atoms with E-state index < -0.39 is 8.97 Å². The van der Waals surface area contributed by atoms with Crippen LogP contribution in [0.4, 0.5) is 0 Å². The van der Waals surface area contributed by atoms with Gasteiger partial charge in [-0.25, -0.2) is 0 Å². The molecule has 2 radical (unpaired) electrons. The standard InChI is InChI=1S/C14H17BN2S3/c1-2-8-3-4-12-9(5-8)10(7-16-12)11-6-13(18,19)17-14(11,15)20/h3-5,7,11,16-20H,2,6H2,1H3/t11-,14?/m1/s1. The number of aryl methyl sites for hydroxylation is 1. The third kappa shape index (κ3) is 2.51. The quantitative estimate of drug-likeness (QED) is 0.328. The largest absolute Gasteiger partial charge is 0.361 e. The molecule has 1 aliphatic rings. The van der Waals surface area contributed by atoms with Crippen LogP contribution in [0.2, 0.25) is 0 Å². The van der Waals surface area contributed by atoms with E-state index in [-0.39, 0.29) is 5.92 Å². The van der Waals surface area contributed by atoms with Crippen LogP contribution in [0, 0.1) is 0 Å². The summed E-state index contributed by atoms with van der Waals surface area (Å²) in [5.74, 6) is 0.0432. The van der Waals surface area contributed by atoms with Crippen molar-refractivity contribution in [2.75, 3.05) is 0 Å². The van der Waals surface area contributed by atoms with E-state index >= 15 is 0 Å². The normalized spacial score (nSPS) is 29.1. The second-order valence-corrected chi connectivity index (χ2v) is 8.12. The van der Waals surface area contributed by atoms with Crippen molar-refractivity contribution in [1.29, 1.82) is 0 Å². The lowest BCUT2D eigenvalue weighted by Gasteiger charge is -2.27. The van der Waals surface area contributed by atoms with Gasteiger partial charge in [0.15, 0.2) is 0 Å². The number of H-pyrrole nitrogens is 1. The maximum atomic E-state index is 6.29. The Morgan fingerprint density at radius 1 is 1.35 bits per heavy atom. The van der Waals surface area contributed by atoms with Crippen molar-refractivity contribution in [3.8, 4) is 0 Å². The predicted molar refractivity (Wildman–Crippen MR) is 96.3 cm³/mol. The van der Waals surface area contributed by atoms with Crippen LogP contribution < -0.4 is 5.32 Å². The number of aromatic amines is 1. The van der Waals surface area contributed by atoms with Gasteiger partial charge in [-0.15, -0.1) is 25.3 Å². The van der Waals surface area contributed by atoms with Crippen LogP contribution in [-0.2, 0) is 6.42 Å². The highest BCUT2D eigenvalue weighted by Gasteiger charge is 2.47. The van der Waals surface area contributed by atoms with E-state index in [2.05, 4.69) is 73.3 Å². The van der Waals surface area contributed by atoms with Crippen molar-refractivity contribution in [1.82, 2.24) is 10.3 Å². The summed E-state index contributed by atoms with van der Waals surface area (Å²) < 4.78 is -1.42. The molecule has 2 heterocycles. The van der Waals surface area contributed by atoms with Gasteiger partial charge in [0.2, 0.25) is 0 Å². The molecule has 6 heteroatoms. The van der Waals surface area contributed by atoms with Crippen molar-refractivity contribution in [3.63, 3.8) is 0 Å². The predicted octanol–water partition coefficient (Wildman–Crippen LogP) is 3.07. The Balaban J connectivity index is 2.10. The summed E-state index contributed by atoms with van der Waals surface area (Å²) in [7, 11) is 6.29. The smallest absolute Gasteiger partial charge is 0.111 e. The highest BCUT2D eigenvalue weighted by molar-refractivity contribution is 8.00. The summed E-state index contributed by atoms with van der Waals surface area (Å²) >= 11 is 13.6. The highest BCUT2D eigenvalue weighted by Crippen LogP contribution is 2.48. The molecule has 0 spiro atoms. The Labute approximate surface area is 137 Å². The minimum Gasteiger partial charge on any atom is -0.361 e. The minimum absolute atomic E-state index is 0.0432. The average molecular weight is 320 g/mol. The zero-order chi connectivity index (χ0) is 14.5. The van der Waals surface area contributed by atoms with Gasteiger partial charge in [-0.05, 0) is 36.1 Å². The van der Waals surface area contributed by atoms with Crippen LogP contribution in [0.1, 0.15) is 30.4 Å². The van der Waals surface area contributed by atoms with Crippen molar-refractivity contribution in [2.45, 2.75) is 34.7 Å². The van der Waals surface area contributed by atoms with Crippen LogP contribution >= 0.6 is 37.9 Å². The van der Waals surface area contributed by atoms with Gasteiger partial charge >= 0.3 is 0 Å². The molecule has 1 unspecified atom stereocenters. The van der Waals surface area contributed by atoms with Crippen LogP contribution in [0.15, 0.2) is 24.4 Å². The van der Waals surface area contributed by atoms with E-state index in [1.165, 1.54) is 16.5 Å².